The molecule has 17 heavy (non-hydrogen) atoms. The summed E-state index contributed by atoms with van der Waals surface area (Å²) in [6, 6.07) is 8.63. The molecule has 0 bridgehead atoms. The zero-order valence-electron chi connectivity index (χ0n) is 11.0. The van der Waals surface area contributed by atoms with Crippen molar-refractivity contribution >= 4 is 0 Å². The van der Waals surface area contributed by atoms with E-state index in [4.69, 9.17) is 4.74 Å². The Kier molecular flexibility index (Phi) is 4.90. The fraction of sp³-hybridized carbons (Fsp3) is 0.625. The van der Waals surface area contributed by atoms with Gasteiger partial charge >= 0.3 is 0 Å². The Morgan fingerprint density at radius 3 is 2.41 bits per heavy atom. The number of benzene rings is 1. The lowest BCUT2D eigenvalue weighted by atomic mass is 9.90. The third kappa shape index (κ3) is 4.07. The van der Waals surface area contributed by atoms with E-state index >= 15 is 0 Å². The smallest absolute Gasteiger partial charge is 0.119 e. The van der Waals surface area contributed by atoms with Crippen molar-refractivity contribution in [3.63, 3.8) is 0 Å². The zero-order chi connectivity index (χ0) is 11.9. The first-order valence-corrected chi connectivity index (χ1v) is 7.10. The van der Waals surface area contributed by atoms with Crippen molar-refractivity contribution in [2.45, 2.75) is 51.9 Å². The fourth-order valence-corrected chi connectivity index (χ4v) is 2.61. The minimum atomic E-state index is 0.791. The Morgan fingerprint density at radius 2 is 1.76 bits per heavy atom. The Balaban J connectivity index is 1.77. The molecule has 0 heterocycles. The lowest BCUT2D eigenvalue weighted by Crippen LogP contribution is -2.15. The molecule has 0 aromatic heterocycles. The van der Waals surface area contributed by atoms with Gasteiger partial charge in [0.15, 0.2) is 0 Å². The molecule has 0 unspecified atom stereocenters. The summed E-state index contributed by atoms with van der Waals surface area (Å²) in [7, 11) is 0. The quantitative estimate of drug-likeness (QED) is 0.721. The molecule has 0 atom stereocenters. The molecule has 1 aliphatic rings. The molecule has 0 N–H and O–H groups in total. The summed E-state index contributed by atoms with van der Waals surface area (Å²) < 4.78 is 5.88. The van der Waals surface area contributed by atoms with Crippen LogP contribution in [0.15, 0.2) is 24.3 Å². The van der Waals surface area contributed by atoms with E-state index in [0.29, 0.717) is 0 Å². The maximum atomic E-state index is 5.88. The van der Waals surface area contributed by atoms with E-state index in [2.05, 4.69) is 31.2 Å². The summed E-state index contributed by atoms with van der Waals surface area (Å²) in [6.07, 6.45) is 9.29. The molecule has 0 spiro atoms. The van der Waals surface area contributed by atoms with Crippen LogP contribution >= 0.6 is 0 Å². The summed E-state index contributed by atoms with van der Waals surface area (Å²) in [5.41, 5.74) is 1.41. The Morgan fingerprint density at radius 1 is 1.06 bits per heavy atom. The highest BCUT2D eigenvalue weighted by atomic mass is 16.5. The highest BCUT2D eigenvalue weighted by molar-refractivity contribution is 5.27. The minimum Gasteiger partial charge on any atom is -0.493 e. The second-order valence-electron chi connectivity index (χ2n) is 5.21. The molecule has 1 aliphatic carbocycles. The van der Waals surface area contributed by atoms with Gasteiger partial charge in [-0.15, -0.1) is 0 Å². The molecule has 1 nitrogen and oxygen atoms in total. The number of hydrogen-bond donors (Lipinski definition) is 0. The van der Waals surface area contributed by atoms with Gasteiger partial charge in [0, 0.05) is 0 Å². The fourth-order valence-electron chi connectivity index (χ4n) is 2.61. The standard InChI is InChI=1S/C16H24O/c1-2-6-14-9-11-16(12-10-14)17-13-15-7-4-3-5-8-15/h9-12,15H,2-8,13H2,1H3. The van der Waals surface area contributed by atoms with Crippen LogP contribution in [-0.4, -0.2) is 6.61 Å². The summed E-state index contributed by atoms with van der Waals surface area (Å²) >= 11 is 0. The van der Waals surface area contributed by atoms with Crippen molar-refractivity contribution in [1.29, 1.82) is 0 Å². The van der Waals surface area contributed by atoms with E-state index in [1.807, 2.05) is 0 Å². The van der Waals surface area contributed by atoms with E-state index in [0.717, 1.165) is 18.3 Å². The van der Waals surface area contributed by atoms with Crippen LogP contribution < -0.4 is 4.74 Å². The second-order valence-corrected chi connectivity index (χ2v) is 5.21. The lowest BCUT2D eigenvalue weighted by Gasteiger charge is -2.21. The van der Waals surface area contributed by atoms with E-state index in [1.165, 1.54) is 50.5 Å². The van der Waals surface area contributed by atoms with Crippen LogP contribution in [0.2, 0.25) is 0 Å². The van der Waals surface area contributed by atoms with Crippen LogP contribution in [0.1, 0.15) is 51.0 Å². The monoisotopic (exact) mass is 232 g/mol. The van der Waals surface area contributed by atoms with Gasteiger partial charge in [0.2, 0.25) is 0 Å². The van der Waals surface area contributed by atoms with Gasteiger partial charge in [-0.1, -0.05) is 44.7 Å². The van der Waals surface area contributed by atoms with Gasteiger partial charge in [-0.05, 0) is 42.9 Å². The van der Waals surface area contributed by atoms with Crippen molar-refractivity contribution in [3.8, 4) is 5.75 Å². The van der Waals surface area contributed by atoms with Gasteiger partial charge in [0.1, 0.15) is 5.75 Å². The van der Waals surface area contributed by atoms with Gasteiger partial charge in [-0.3, -0.25) is 0 Å². The van der Waals surface area contributed by atoms with Crippen LogP contribution in [0.3, 0.4) is 0 Å². The van der Waals surface area contributed by atoms with Gasteiger partial charge in [-0.2, -0.15) is 0 Å². The molecule has 94 valence electrons. The summed E-state index contributed by atoms with van der Waals surface area (Å²) in [6.45, 7) is 3.13. The third-order valence-electron chi connectivity index (χ3n) is 3.67. The van der Waals surface area contributed by atoms with Crippen LogP contribution in [0.4, 0.5) is 0 Å². The highest BCUT2D eigenvalue weighted by Crippen LogP contribution is 2.24. The molecule has 1 aromatic rings. The van der Waals surface area contributed by atoms with Crippen molar-refractivity contribution < 1.29 is 4.74 Å². The zero-order valence-corrected chi connectivity index (χ0v) is 11.0. The van der Waals surface area contributed by atoms with Gasteiger partial charge in [-0.25, -0.2) is 0 Å². The first kappa shape index (κ1) is 12.5. The summed E-state index contributed by atoms with van der Waals surface area (Å²) in [4.78, 5) is 0. The van der Waals surface area contributed by atoms with Crippen molar-refractivity contribution in [2.24, 2.45) is 5.92 Å². The molecular formula is C16H24O. The predicted molar refractivity (Wildman–Crippen MR) is 72.5 cm³/mol. The Bertz CT molecular complexity index is 309. The van der Waals surface area contributed by atoms with Crippen LogP contribution in [-0.2, 0) is 6.42 Å². The molecule has 1 saturated carbocycles. The van der Waals surface area contributed by atoms with E-state index in [-0.39, 0.29) is 0 Å². The molecule has 0 aliphatic heterocycles. The van der Waals surface area contributed by atoms with Crippen LogP contribution in [0, 0.1) is 5.92 Å². The summed E-state index contributed by atoms with van der Waals surface area (Å²) in [5, 5.41) is 0. The van der Waals surface area contributed by atoms with E-state index in [9.17, 15) is 0 Å². The molecule has 1 heteroatoms. The van der Waals surface area contributed by atoms with Crippen molar-refractivity contribution in [3.05, 3.63) is 29.8 Å². The number of rotatable bonds is 5. The van der Waals surface area contributed by atoms with Crippen LogP contribution in [0.25, 0.3) is 0 Å². The van der Waals surface area contributed by atoms with Crippen molar-refractivity contribution in [2.75, 3.05) is 6.61 Å². The maximum absolute atomic E-state index is 5.88. The van der Waals surface area contributed by atoms with Crippen LogP contribution in [0.5, 0.6) is 5.75 Å². The minimum absolute atomic E-state index is 0.791. The molecule has 1 fully saturated rings. The molecule has 0 saturated heterocycles. The van der Waals surface area contributed by atoms with Gasteiger partial charge in [0.25, 0.3) is 0 Å². The molecule has 1 aromatic carbocycles. The average molecular weight is 232 g/mol. The Labute approximate surface area is 105 Å². The number of ether oxygens (including phenoxy) is 1. The molecular weight excluding hydrogens is 208 g/mol. The normalized spacial score (nSPS) is 17.0. The molecule has 0 amide bonds. The Hall–Kier alpha value is -0.980. The molecule has 0 radical (unpaired) electrons. The van der Waals surface area contributed by atoms with Crippen molar-refractivity contribution in [1.82, 2.24) is 0 Å². The topological polar surface area (TPSA) is 9.23 Å². The summed E-state index contributed by atoms with van der Waals surface area (Å²) in [5.74, 6) is 1.83. The highest BCUT2D eigenvalue weighted by Gasteiger charge is 2.13. The first-order chi connectivity index (χ1) is 8.38. The maximum Gasteiger partial charge on any atom is 0.119 e. The SMILES string of the molecule is CCCc1ccc(OCC2CCCCC2)cc1. The van der Waals surface area contributed by atoms with E-state index < -0.39 is 0 Å². The first-order valence-electron chi connectivity index (χ1n) is 7.10. The number of aryl methyl sites for hydroxylation is 1. The van der Waals surface area contributed by atoms with Gasteiger partial charge < -0.3 is 4.74 Å². The molecule has 2 rings (SSSR count). The lowest BCUT2D eigenvalue weighted by molar-refractivity contribution is 0.209. The number of hydrogen-bond acceptors (Lipinski definition) is 1. The second kappa shape index (κ2) is 6.68. The van der Waals surface area contributed by atoms with Gasteiger partial charge in [0.05, 0.1) is 6.61 Å². The average Bonchev–Trinajstić information content (AvgIpc) is 2.40. The predicted octanol–water partition coefficient (Wildman–Crippen LogP) is 4.60. The largest absolute Gasteiger partial charge is 0.493 e. The van der Waals surface area contributed by atoms with E-state index in [1.54, 1.807) is 0 Å². The third-order valence-corrected chi connectivity index (χ3v) is 3.67.